The van der Waals surface area contributed by atoms with E-state index in [1.165, 1.54) is 11.1 Å². The molecular formula is C14H18O2. The average molecular weight is 218 g/mol. The lowest BCUT2D eigenvalue weighted by atomic mass is 9.92. The fraction of sp³-hybridized carbons (Fsp3) is 0.500. The summed E-state index contributed by atoms with van der Waals surface area (Å²) in [4.78, 5) is 12.0. The minimum atomic E-state index is 0.123. The Labute approximate surface area is 96.3 Å². The summed E-state index contributed by atoms with van der Waals surface area (Å²) >= 11 is 0. The second kappa shape index (κ2) is 4.02. The number of carbonyl (C=O) groups is 1. The number of benzene rings is 1. The molecule has 0 spiro atoms. The monoisotopic (exact) mass is 218 g/mol. The third-order valence-corrected chi connectivity index (χ3v) is 3.60. The number of aryl methyl sites for hydroxylation is 1. The van der Waals surface area contributed by atoms with Gasteiger partial charge < -0.3 is 5.11 Å². The van der Waals surface area contributed by atoms with Crippen molar-refractivity contribution in [1.82, 2.24) is 0 Å². The van der Waals surface area contributed by atoms with E-state index in [4.69, 9.17) is 5.11 Å². The molecule has 1 aromatic rings. The number of ketones is 1. The summed E-state index contributed by atoms with van der Waals surface area (Å²) < 4.78 is 0. The minimum Gasteiger partial charge on any atom is -0.396 e. The van der Waals surface area contributed by atoms with Crippen LogP contribution in [0.25, 0.3) is 0 Å². The third-order valence-electron chi connectivity index (χ3n) is 3.60. The van der Waals surface area contributed by atoms with Gasteiger partial charge in [0.25, 0.3) is 0 Å². The largest absolute Gasteiger partial charge is 0.396 e. The van der Waals surface area contributed by atoms with Gasteiger partial charge in [-0.3, -0.25) is 4.79 Å². The van der Waals surface area contributed by atoms with E-state index in [2.05, 4.69) is 13.0 Å². The predicted octanol–water partition coefficient (Wildman–Crippen LogP) is 2.21. The summed E-state index contributed by atoms with van der Waals surface area (Å²) in [6.45, 7) is 6.20. The highest BCUT2D eigenvalue weighted by Gasteiger charge is 2.29. The smallest absolute Gasteiger partial charge is 0.166 e. The van der Waals surface area contributed by atoms with Gasteiger partial charge in [0, 0.05) is 18.1 Å². The molecule has 2 heteroatoms. The van der Waals surface area contributed by atoms with Gasteiger partial charge in [0.1, 0.15) is 0 Å². The molecule has 0 saturated heterocycles. The maximum absolute atomic E-state index is 12.0. The standard InChI is InChI=1S/C14H18O2/c1-8-6-11-7-9(2)14(16)13(11)10(3)12(8)4-5-15/h6,9,15H,4-5,7H2,1-3H3/t9-/m0/s1. The number of carbonyl (C=O) groups excluding carboxylic acids is 1. The van der Waals surface area contributed by atoms with E-state index in [1.54, 1.807) is 0 Å². The molecule has 0 bridgehead atoms. The lowest BCUT2D eigenvalue weighted by Crippen LogP contribution is -2.07. The normalized spacial score (nSPS) is 19.0. The van der Waals surface area contributed by atoms with Gasteiger partial charge in [-0.25, -0.2) is 0 Å². The average Bonchev–Trinajstić information content (AvgIpc) is 2.49. The van der Waals surface area contributed by atoms with Crippen molar-refractivity contribution in [3.63, 3.8) is 0 Å². The minimum absolute atomic E-state index is 0.123. The van der Waals surface area contributed by atoms with Crippen molar-refractivity contribution < 1.29 is 9.90 Å². The Morgan fingerprint density at radius 2 is 2.12 bits per heavy atom. The van der Waals surface area contributed by atoms with Crippen LogP contribution < -0.4 is 0 Å². The van der Waals surface area contributed by atoms with E-state index in [9.17, 15) is 4.79 Å². The molecule has 2 rings (SSSR count). The van der Waals surface area contributed by atoms with Crippen LogP contribution in [0.2, 0.25) is 0 Å². The fourth-order valence-electron chi connectivity index (χ4n) is 2.78. The summed E-state index contributed by atoms with van der Waals surface area (Å²) in [5.41, 5.74) is 5.53. The Morgan fingerprint density at radius 1 is 1.44 bits per heavy atom. The van der Waals surface area contributed by atoms with Crippen molar-refractivity contribution in [2.75, 3.05) is 6.61 Å². The molecule has 0 fully saturated rings. The van der Waals surface area contributed by atoms with E-state index in [-0.39, 0.29) is 18.3 Å². The van der Waals surface area contributed by atoms with Crippen molar-refractivity contribution in [2.45, 2.75) is 33.6 Å². The molecule has 0 amide bonds. The SMILES string of the molecule is Cc1cc2c(c(C)c1CCO)C(=O)[C@@H](C)C2. The quantitative estimate of drug-likeness (QED) is 0.826. The molecule has 0 aliphatic heterocycles. The first kappa shape index (κ1) is 11.3. The second-order valence-electron chi connectivity index (χ2n) is 4.77. The van der Waals surface area contributed by atoms with Gasteiger partial charge in [-0.15, -0.1) is 0 Å². The molecule has 1 N–H and O–H groups in total. The molecule has 2 nitrogen and oxygen atoms in total. The first-order chi connectivity index (χ1) is 7.56. The van der Waals surface area contributed by atoms with E-state index >= 15 is 0 Å². The van der Waals surface area contributed by atoms with Crippen LogP contribution in [0.15, 0.2) is 6.07 Å². The molecule has 0 saturated carbocycles. The van der Waals surface area contributed by atoms with Crippen LogP contribution in [0.3, 0.4) is 0 Å². The van der Waals surface area contributed by atoms with Crippen LogP contribution in [0.1, 0.15) is 39.5 Å². The maximum atomic E-state index is 12.0. The lowest BCUT2D eigenvalue weighted by Gasteiger charge is -2.12. The van der Waals surface area contributed by atoms with Gasteiger partial charge >= 0.3 is 0 Å². The number of hydrogen-bond donors (Lipinski definition) is 1. The maximum Gasteiger partial charge on any atom is 0.166 e. The van der Waals surface area contributed by atoms with Crippen molar-refractivity contribution in [1.29, 1.82) is 0 Å². The van der Waals surface area contributed by atoms with Crippen LogP contribution in [-0.4, -0.2) is 17.5 Å². The number of aliphatic hydroxyl groups excluding tert-OH is 1. The summed E-state index contributed by atoms with van der Waals surface area (Å²) in [5, 5.41) is 9.05. The molecule has 0 unspecified atom stereocenters. The highest BCUT2D eigenvalue weighted by atomic mass is 16.2. The van der Waals surface area contributed by atoms with E-state index < -0.39 is 0 Å². The zero-order valence-electron chi connectivity index (χ0n) is 10.1. The van der Waals surface area contributed by atoms with E-state index in [1.807, 2.05) is 13.8 Å². The third kappa shape index (κ3) is 1.57. The number of fused-ring (bicyclic) bond motifs is 1. The predicted molar refractivity (Wildman–Crippen MR) is 63.9 cm³/mol. The van der Waals surface area contributed by atoms with Crippen LogP contribution in [0.4, 0.5) is 0 Å². The van der Waals surface area contributed by atoms with Gasteiger partial charge in [0.05, 0.1) is 0 Å². The Kier molecular flexibility index (Phi) is 2.85. The molecule has 1 aliphatic rings. The topological polar surface area (TPSA) is 37.3 Å². The van der Waals surface area contributed by atoms with Gasteiger partial charge in [-0.05, 0) is 48.9 Å². The van der Waals surface area contributed by atoms with Crippen molar-refractivity contribution in [2.24, 2.45) is 5.92 Å². The number of Topliss-reactive ketones (excluding diaryl/α,β-unsaturated/α-hetero) is 1. The van der Waals surface area contributed by atoms with Crippen LogP contribution in [-0.2, 0) is 12.8 Å². The molecule has 0 aromatic heterocycles. The van der Waals surface area contributed by atoms with E-state index in [0.29, 0.717) is 6.42 Å². The first-order valence-corrected chi connectivity index (χ1v) is 5.83. The lowest BCUT2D eigenvalue weighted by molar-refractivity contribution is 0.0945. The van der Waals surface area contributed by atoms with Gasteiger partial charge in [0.15, 0.2) is 5.78 Å². The molecule has 1 atom stereocenters. The molecular weight excluding hydrogens is 200 g/mol. The second-order valence-corrected chi connectivity index (χ2v) is 4.77. The molecule has 0 heterocycles. The number of rotatable bonds is 2. The number of aliphatic hydroxyl groups is 1. The Hall–Kier alpha value is -1.15. The zero-order chi connectivity index (χ0) is 11.9. The molecule has 86 valence electrons. The van der Waals surface area contributed by atoms with E-state index in [0.717, 1.165) is 23.1 Å². The van der Waals surface area contributed by atoms with Crippen LogP contribution >= 0.6 is 0 Å². The van der Waals surface area contributed by atoms with Gasteiger partial charge in [0.2, 0.25) is 0 Å². The summed E-state index contributed by atoms with van der Waals surface area (Å²) in [5.74, 6) is 0.393. The fourth-order valence-corrected chi connectivity index (χ4v) is 2.78. The Balaban J connectivity index is 2.59. The van der Waals surface area contributed by atoms with Crippen molar-refractivity contribution in [3.8, 4) is 0 Å². The summed E-state index contributed by atoms with van der Waals surface area (Å²) in [6.07, 6.45) is 1.52. The molecule has 16 heavy (non-hydrogen) atoms. The number of hydrogen-bond acceptors (Lipinski definition) is 2. The first-order valence-electron chi connectivity index (χ1n) is 5.83. The molecule has 1 aliphatic carbocycles. The molecule has 0 radical (unpaired) electrons. The van der Waals surface area contributed by atoms with Crippen LogP contribution in [0, 0.1) is 19.8 Å². The highest BCUT2D eigenvalue weighted by molar-refractivity contribution is 6.03. The van der Waals surface area contributed by atoms with Crippen molar-refractivity contribution >= 4 is 5.78 Å². The van der Waals surface area contributed by atoms with Gasteiger partial charge in [-0.1, -0.05) is 13.0 Å². The Bertz CT molecular complexity index is 447. The summed E-state index contributed by atoms with van der Waals surface area (Å²) in [6, 6.07) is 2.12. The van der Waals surface area contributed by atoms with Gasteiger partial charge in [-0.2, -0.15) is 0 Å². The summed E-state index contributed by atoms with van der Waals surface area (Å²) in [7, 11) is 0. The zero-order valence-corrected chi connectivity index (χ0v) is 10.1. The molecule has 1 aromatic carbocycles. The Morgan fingerprint density at radius 3 is 2.75 bits per heavy atom. The highest BCUT2D eigenvalue weighted by Crippen LogP contribution is 2.32. The van der Waals surface area contributed by atoms with Crippen LogP contribution in [0.5, 0.6) is 0 Å². The van der Waals surface area contributed by atoms with Crippen molar-refractivity contribution in [3.05, 3.63) is 33.9 Å².